The third-order valence-electron chi connectivity index (χ3n) is 3.53. The maximum absolute atomic E-state index is 5.74. The van der Waals surface area contributed by atoms with Crippen molar-refractivity contribution in [1.29, 1.82) is 0 Å². The summed E-state index contributed by atoms with van der Waals surface area (Å²) in [5.74, 6) is 0.832. The van der Waals surface area contributed by atoms with E-state index in [9.17, 15) is 0 Å². The Labute approximate surface area is 139 Å². The molecule has 0 aliphatic rings. The first kappa shape index (κ1) is 19.0. The van der Waals surface area contributed by atoms with Crippen LogP contribution in [-0.4, -0.2) is 18.8 Å². The number of benzene rings is 1. The molecule has 0 radical (unpaired) electrons. The molecule has 0 bridgehead atoms. The third-order valence-corrected chi connectivity index (χ3v) is 3.53. The Morgan fingerprint density at radius 2 is 1.57 bits per heavy atom. The first-order valence-corrected chi connectivity index (χ1v) is 8.57. The standard InChI is InChI=1S/C18H30N4O/c1-2-3-4-5-6-7-8-9-14-23-17-12-10-16(11-13-17)15-21-22-18(19)20/h10-13,15H,2-9,14H2,1H3,(H4,19,20,22). The second kappa shape index (κ2) is 12.5. The van der Waals surface area contributed by atoms with Crippen LogP contribution in [0.15, 0.2) is 34.5 Å². The minimum absolute atomic E-state index is 0.0495. The van der Waals surface area contributed by atoms with E-state index in [1.54, 1.807) is 6.21 Å². The molecule has 0 aliphatic heterocycles. The molecule has 0 aromatic heterocycles. The van der Waals surface area contributed by atoms with Gasteiger partial charge in [0.15, 0.2) is 0 Å². The minimum Gasteiger partial charge on any atom is -0.494 e. The van der Waals surface area contributed by atoms with Crippen LogP contribution in [0.4, 0.5) is 0 Å². The number of hydrogen-bond donors (Lipinski definition) is 2. The summed E-state index contributed by atoms with van der Waals surface area (Å²) < 4.78 is 5.74. The van der Waals surface area contributed by atoms with Crippen molar-refractivity contribution in [2.45, 2.75) is 58.3 Å². The molecule has 5 heteroatoms. The highest BCUT2D eigenvalue weighted by Crippen LogP contribution is 2.13. The Bertz CT molecular complexity index is 464. The molecule has 0 heterocycles. The predicted molar refractivity (Wildman–Crippen MR) is 98.0 cm³/mol. The lowest BCUT2D eigenvalue weighted by molar-refractivity contribution is 0.304. The van der Waals surface area contributed by atoms with Crippen LogP contribution in [-0.2, 0) is 0 Å². The van der Waals surface area contributed by atoms with E-state index in [1.165, 1.54) is 44.9 Å². The van der Waals surface area contributed by atoms with Gasteiger partial charge in [-0.3, -0.25) is 0 Å². The van der Waals surface area contributed by atoms with Crippen LogP contribution in [0.2, 0.25) is 0 Å². The van der Waals surface area contributed by atoms with Crippen LogP contribution in [0.25, 0.3) is 0 Å². The normalized spacial score (nSPS) is 10.8. The fraction of sp³-hybridized carbons (Fsp3) is 0.556. The van der Waals surface area contributed by atoms with Crippen LogP contribution in [0, 0.1) is 0 Å². The van der Waals surface area contributed by atoms with E-state index in [2.05, 4.69) is 17.1 Å². The molecule has 0 saturated carbocycles. The average Bonchev–Trinajstić information content (AvgIpc) is 2.54. The van der Waals surface area contributed by atoms with Gasteiger partial charge < -0.3 is 16.2 Å². The van der Waals surface area contributed by atoms with E-state index in [-0.39, 0.29) is 5.96 Å². The Kier molecular flexibility index (Phi) is 10.3. The van der Waals surface area contributed by atoms with Crippen LogP contribution < -0.4 is 16.2 Å². The predicted octanol–water partition coefficient (Wildman–Crippen LogP) is 3.81. The summed E-state index contributed by atoms with van der Waals surface area (Å²) in [4.78, 5) is 0. The van der Waals surface area contributed by atoms with Gasteiger partial charge in [0, 0.05) is 0 Å². The molecule has 1 aromatic rings. The highest BCUT2D eigenvalue weighted by molar-refractivity contribution is 5.81. The fourth-order valence-electron chi connectivity index (χ4n) is 2.24. The van der Waals surface area contributed by atoms with E-state index in [4.69, 9.17) is 16.2 Å². The van der Waals surface area contributed by atoms with Gasteiger partial charge in [-0.05, 0) is 36.2 Å². The molecule has 0 amide bonds. The zero-order valence-corrected chi connectivity index (χ0v) is 14.2. The first-order valence-electron chi connectivity index (χ1n) is 8.57. The van der Waals surface area contributed by atoms with Crippen molar-refractivity contribution in [2.75, 3.05) is 6.61 Å². The summed E-state index contributed by atoms with van der Waals surface area (Å²) in [5.41, 5.74) is 11.3. The topological polar surface area (TPSA) is 86.0 Å². The molecule has 5 nitrogen and oxygen atoms in total. The van der Waals surface area contributed by atoms with Gasteiger partial charge in [0.1, 0.15) is 5.75 Å². The lowest BCUT2D eigenvalue weighted by atomic mass is 10.1. The summed E-state index contributed by atoms with van der Waals surface area (Å²) >= 11 is 0. The first-order chi connectivity index (χ1) is 11.2. The van der Waals surface area contributed by atoms with Gasteiger partial charge in [-0.15, -0.1) is 5.10 Å². The molecule has 0 atom stereocenters. The molecule has 23 heavy (non-hydrogen) atoms. The van der Waals surface area contributed by atoms with Gasteiger partial charge in [-0.2, -0.15) is 5.10 Å². The molecule has 128 valence electrons. The molecule has 1 aromatic carbocycles. The van der Waals surface area contributed by atoms with Gasteiger partial charge in [-0.1, -0.05) is 51.9 Å². The molecule has 0 aliphatic carbocycles. The zero-order valence-electron chi connectivity index (χ0n) is 14.2. The lowest BCUT2D eigenvalue weighted by Gasteiger charge is -2.06. The quantitative estimate of drug-likeness (QED) is 0.266. The summed E-state index contributed by atoms with van der Waals surface area (Å²) in [6.07, 6.45) is 12.1. The van der Waals surface area contributed by atoms with Crippen LogP contribution in [0.3, 0.4) is 0 Å². The molecule has 0 unspecified atom stereocenters. The summed E-state index contributed by atoms with van der Waals surface area (Å²) in [6, 6.07) is 7.72. The van der Waals surface area contributed by atoms with Crippen LogP contribution >= 0.6 is 0 Å². The van der Waals surface area contributed by atoms with Gasteiger partial charge in [0.05, 0.1) is 12.8 Å². The van der Waals surface area contributed by atoms with Gasteiger partial charge in [0.2, 0.25) is 5.96 Å². The number of ether oxygens (including phenoxy) is 1. The van der Waals surface area contributed by atoms with E-state index in [0.717, 1.165) is 24.3 Å². The second-order valence-corrected chi connectivity index (χ2v) is 5.66. The van der Waals surface area contributed by atoms with Crippen molar-refractivity contribution < 1.29 is 4.74 Å². The van der Waals surface area contributed by atoms with E-state index >= 15 is 0 Å². The van der Waals surface area contributed by atoms with Crippen LogP contribution in [0.5, 0.6) is 5.75 Å². The zero-order chi connectivity index (χ0) is 16.8. The Balaban J connectivity index is 2.11. The van der Waals surface area contributed by atoms with Crippen molar-refractivity contribution in [3.63, 3.8) is 0 Å². The highest BCUT2D eigenvalue weighted by atomic mass is 16.5. The summed E-state index contributed by atoms with van der Waals surface area (Å²) in [6.45, 7) is 3.02. The Morgan fingerprint density at radius 3 is 2.17 bits per heavy atom. The highest BCUT2D eigenvalue weighted by Gasteiger charge is 1.95. The molecular weight excluding hydrogens is 288 g/mol. The lowest BCUT2D eigenvalue weighted by Crippen LogP contribution is -2.21. The summed E-state index contributed by atoms with van der Waals surface area (Å²) in [7, 11) is 0. The van der Waals surface area contributed by atoms with Crippen molar-refractivity contribution in [3.8, 4) is 5.75 Å². The number of hydrogen-bond acceptors (Lipinski definition) is 3. The van der Waals surface area contributed by atoms with Crippen molar-refractivity contribution in [1.82, 2.24) is 0 Å². The smallest absolute Gasteiger partial charge is 0.211 e. The van der Waals surface area contributed by atoms with Crippen molar-refractivity contribution in [2.24, 2.45) is 21.7 Å². The Morgan fingerprint density at radius 1 is 0.957 bits per heavy atom. The average molecular weight is 318 g/mol. The van der Waals surface area contributed by atoms with Gasteiger partial charge in [-0.25, -0.2) is 0 Å². The van der Waals surface area contributed by atoms with E-state index < -0.39 is 0 Å². The summed E-state index contributed by atoms with van der Waals surface area (Å²) in [5, 5.41) is 7.32. The SMILES string of the molecule is CCCCCCCCCCOc1ccc(C=NN=C(N)N)cc1. The minimum atomic E-state index is -0.0495. The van der Waals surface area contributed by atoms with E-state index in [1.807, 2.05) is 24.3 Å². The maximum Gasteiger partial charge on any atom is 0.211 e. The molecule has 4 N–H and O–H groups in total. The van der Waals surface area contributed by atoms with Crippen molar-refractivity contribution in [3.05, 3.63) is 29.8 Å². The van der Waals surface area contributed by atoms with Crippen molar-refractivity contribution >= 4 is 12.2 Å². The second-order valence-electron chi connectivity index (χ2n) is 5.66. The molecule has 0 saturated heterocycles. The molecule has 0 spiro atoms. The monoisotopic (exact) mass is 318 g/mol. The largest absolute Gasteiger partial charge is 0.494 e. The van der Waals surface area contributed by atoms with Gasteiger partial charge in [0.25, 0.3) is 0 Å². The van der Waals surface area contributed by atoms with Crippen LogP contribution in [0.1, 0.15) is 63.9 Å². The number of nitrogens with zero attached hydrogens (tertiary/aromatic N) is 2. The maximum atomic E-state index is 5.74. The third kappa shape index (κ3) is 10.3. The Hall–Kier alpha value is -2.04. The van der Waals surface area contributed by atoms with E-state index in [0.29, 0.717) is 0 Å². The van der Waals surface area contributed by atoms with Gasteiger partial charge >= 0.3 is 0 Å². The fourth-order valence-corrected chi connectivity index (χ4v) is 2.24. The number of guanidine groups is 1. The number of rotatable bonds is 12. The molecule has 0 fully saturated rings. The molecular formula is C18H30N4O. The molecule has 1 rings (SSSR count). The number of nitrogens with two attached hydrogens (primary N) is 2. The number of unbranched alkanes of at least 4 members (excludes halogenated alkanes) is 7.